The molecular weight excluding hydrogens is 290 g/mol. The Morgan fingerprint density at radius 2 is 1.09 bits per heavy atom. The van der Waals surface area contributed by atoms with Crippen LogP contribution in [0.1, 0.15) is 6.92 Å². The van der Waals surface area contributed by atoms with Crippen molar-refractivity contribution >= 4 is 0 Å². The van der Waals surface area contributed by atoms with Crippen LogP contribution in [0.3, 0.4) is 0 Å². The standard InChI is InChI=1S/C15H29NO6/c1-3-4-17-5-6-18-7-8-19-9-10-20-11-12-21-13-14-22-15(2)16/h1,15H,4-14,16H2,2H3. The highest BCUT2D eigenvalue weighted by Crippen LogP contribution is 1.85. The first-order valence-electron chi connectivity index (χ1n) is 7.46. The Balaban J connectivity index is 2.96. The van der Waals surface area contributed by atoms with Crippen LogP contribution in [0.2, 0.25) is 0 Å². The maximum absolute atomic E-state index is 5.42. The Morgan fingerprint density at radius 1 is 0.727 bits per heavy atom. The zero-order chi connectivity index (χ0) is 16.3. The highest BCUT2D eigenvalue weighted by Gasteiger charge is 1.94. The zero-order valence-electron chi connectivity index (χ0n) is 13.5. The summed E-state index contributed by atoms with van der Waals surface area (Å²) >= 11 is 0. The summed E-state index contributed by atoms with van der Waals surface area (Å²) in [5, 5.41) is 0. The molecule has 2 N–H and O–H groups in total. The molecule has 22 heavy (non-hydrogen) atoms. The molecule has 130 valence electrons. The van der Waals surface area contributed by atoms with Gasteiger partial charge in [-0.2, -0.15) is 0 Å². The maximum Gasteiger partial charge on any atom is 0.107 e. The Labute approximate surface area is 133 Å². The van der Waals surface area contributed by atoms with Crippen molar-refractivity contribution in [1.82, 2.24) is 0 Å². The fourth-order valence-corrected chi connectivity index (χ4v) is 1.30. The number of hydrogen-bond donors (Lipinski definition) is 1. The summed E-state index contributed by atoms with van der Waals surface area (Å²) in [4.78, 5) is 0. The van der Waals surface area contributed by atoms with Crippen LogP contribution in [0, 0.1) is 12.3 Å². The van der Waals surface area contributed by atoms with Crippen LogP contribution < -0.4 is 5.73 Å². The van der Waals surface area contributed by atoms with Crippen molar-refractivity contribution in [1.29, 1.82) is 0 Å². The molecular formula is C15H29NO6. The van der Waals surface area contributed by atoms with Crippen molar-refractivity contribution in [2.75, 3.05) is 72.7 Å². The number of ether oxygens (including phenoxy) is 6. The summed E-state index contributed by atoms with van der Waals surface area (Å²) in [6.45, 7) is 7.32. The summed E-state index contributed by atoms with van der Waals surface area (Å²) in [7, 11) is 0. The second-order valence-corrected chi connectivity index (χ2v) is 4.28. The van der Waals surface area contributed by atoms with Crippen LogP contribution in [0.25, 0.3) is 0 Å². The minimum absolute atomic E-state index is 0.253. The van der Waals surface area contributed by atoms with Crippen molar-refractivity contribution < 1.29 is 28.4 Å². The molecule has 0 aromatic rings. The lowest BCUT2D eigenvalue weighted by Gasteiger charge is -2.09. The van der Waals surface area contributed by atoms with Crippen LogP contribution in [0.5, 0.6) is 0 Å². The first kappa shape index (κ1) is 21.3. The molecule has 1 unspecified atom stereocenters. The molecule has 0 fully saturated rings. The molecule has 0 aromatic heterocycles. The monoisotopic (exact) mass is 319 g/mol. The van der Waals surface area contributed by atoms with Crippen LogP contribution in [0.15, 0.2) is 0 Å². The van der Waals surface area contributed by atoms with Gasteiger partial charge in [0.05, 0.1) is 66.1 Å². The summed E-state index contributed by atoms with van der Waals surface area (Å²) in [6, 6.07) is 0. The number of hydrogen-bond acceptors (Lipinski definition) is 7. The molecule has 0 bridgehead atoms. The van der Waals surface area contributed by atoms with E-state index in [4.69, 9.17) is 40.6 Å². The fourth-order valence-electron chi connectivity index (χ4n) is 1.30. The van der Waals surface area contributed by atoms with Crippen LogP contribution in [-0.2, 0) is 28.4 Å². The molecule has 1 atom stereocenters. The molecule has 0 spiro atoms. The molecule has 0 amide bonds. The Kier molecular flexibility index (Phi) is 17.7. The smallest absolute Gasteiger partial charge is 0.107 e. The van der Waals surface area contributed by atoms with E-state index in [2.05, 4.69) is 5.92 Å². The summed E-state index contributed by atoms with van der Waals surface area (Å²) < 4.78 is 31.4. The third-order valence-electron chi connectivity index (χ3n) is 2.28. The first-order chi connectivity index (χ1) is 10.8. The number of rotatable bonds is 17. The van der Waals surface area contributed by atoms with E-state index >= 15 is 0 Å². The van der Waals surface area contributed by atoms with Crippen LogP contribution in [0.4, 0.5) is 0 Å². The quantitative estimate of drug-likeness (QED) is 0.230. The zero-order valence-corrected chi connectivity index (χ0v) is 13.5. The average molecular weight is 319 g/mol. The SMILES string of the molecule is C#CCOCCOCCOCCOCCOCCOC(C)N. The molecule has 7 heteroatoms. The van der Waals surface area contributed by atoms with Gasteiger partial charge in [0.25, 0.3) is 0 Å². The Hall–Kier alpha value is -0.720. The molecule has 0 saturated carbocycles. The van der Waals surface area contributed by atoms with Gasteiger partial charge < -0.3 is 34.2 Å². The van der Waals surface area contributed by atoms with E-state index in [1.165, 1.54) is 0 Å². The summed E-state index contributed by atoms with van der Waals surface area (Å²) in [6.07, 6.45) is 4.78. The van der Waals surface area contributed by atoms with Gasteiger partial charge in [-0.15, -0.1) is 6.42 Å². The van der Waals surface area contributed by atoms with E-state index in [0.717, 1.165) is 0 Å². The molecule has 0 aromatic carbocycles. The fraction of sp³-hybridized carbons (Fsp3) is 0.867. The van der Waals surface area contributed by atoms with Crippen LogP contribution >= 0.6 is 0 Å². The van der Waals surface area contributed by atoms with Crippen molar-refractivity contribution in [3.05, 3.63) is 0 Å². The van der Waals surface area contributed by atoms with Gasteiger partial charge in [0.1, 0.15) is 12.8 Å². The third-order valence-corrected chi connectivity index (χ3v) is 2.28. The minimum Gasteiger partial charge on any atom is -0.377 e. The molecule has 0 heterocycles. The second kappa shape index (κ2) is 18.3. The number of nitrogens with two attached hydrogens (primary N) is 1. The van der Waals surface area contributed by atoms with E-state index in [-0.39, 0.29) is 6.23 Å². The second-order valence-electron chi connectivity index (χ2n) is 4.28. The van der Waals surface area contributed by atoms with Gasteiger partial charge in [-0.3, -0.25) is 0 Å². The minimum atomic E-state index is -0.253. The summed E-state index contributed by atoms with van der Waals surface area (Å²) in [5.41, 5.74) is 5.42. The molecule has 7 nitrogen and oxygen atoms in total. The van der Waals surface area contributed by atoms with Gasteiger partial charge in [-0.1, -0.05) is 5.92 Å². The van der Waals surface area contributed by atoms with Crippen molar-refractivity contribution in [2.24, 2.45) is 5.73 Å². The largest absolute Gasteiger partial charge is 0.377 e. The molecule has 0 aliphatic rings. The van der Waals surface area contributed by atoms with E-state index in [1.807, 2.05) is 0 Å². The van der Waals surface area contributed by atoms with Crippen molar-refractivity contribution in [3.63, 3.8) is 0 Å². The lowest BCUT2D eigenvalue weighted by Crippen LogP contribution is -2.22. The van der Waals surface area contributed by atoms with Crippen LogP contribution in [-0.4, -0.2) is 78.9 Å². The molecule has 0 radical (unpaired) electrons. The van der Waals surface area contributed by atoms with E-state index in [9.17, 15) is 0 Å². The van der Waals surface area contributed by atoms with Gasteiger partial charge in [-0.05, 0) is 6.92 Å². The molecule has 0 rings (SSSR count). The lowest BCUT2D eigenvalue weighted by molar-refractivity contribution is -0.0216. The van der Waals surface area contributed by atoms with Crippen molar-refractivity contribution in [2.45, 2.75) is 13.2 Å². The predicted octanol–water partition coefficient (Wildman–Crippen LogP) is 0.0239. The van der Waals surface area contributed by atoms with E-state index in [0.29, 0.717) is 72.7 Å². The highest BCUT2D eigenvalue weighted by molar-refractivity contribution is 4.82. The predicted molar refractivity (Wildman–Crippen MR) is 82.5 cm³/mol. The Morgan fingerprint density at radius 3 is 1.45 bits per heavy atom. The molecule has 0 saturated heterocycles. The van der Waals surface area contributed by atoms with E-state index in [1.54, 1.807) is 6.92 Å². The van der Waals surface area contributed by atoms with Gasteiger partial charge in [0, 0.05) is 0 Å². The maximum atomic E-state index is 5.42. The van der Waals surface area contributed by atoms with Crippen molar-refractivity contribution in [3.8, 4) is 12.3 Å². The van der Waals surface area contributed by atoms with Gasteiger partial charge in [-0.25, -0.2) is 0 Å². The van der Waals surface area contributed by atoms with Gasteiger partial charge in [0.2, 0.25) is 0 Å². The normalized spacial score (nSPS) is 12.2. The molecule has 0 aliphatic heterocycles. The number of terminal acetylenes is 1. The molecule has 0 aliphatic carbocycles. The Bertz CT molecular complexity index is 257. The lowest BCUT2D eigenvalue weighted by atomic mass is 10.6. The average Bonchev–Trinajstić information content (AvgIpc) is 2.50. The van der Waals surface area contributed by atoms with E-state index < -0.39 is 0 Å². The van der Waals surface area contributed by atoms with Gasteiger partial charge >= 0.3 is 0 Å². The first-order valence-corrected chi connectivity index (χ1v) is 7.46. The third kappa shape index (κ3) is 19.3. The highest BCUT2D eigenvalue weighted by atomic mass is 16.6. The topological polar surface area (TPSA) is 81.4 Å². The van der Waals surface area contributed by atoms with Gasteiger partial charge in [0.15, 0.2) is 0 Å². The summed E-state index contributed by atoms with van der Waals surface area (Å²) in [5.74, 6) is 2.39.